The van der Waals surface area contributed by atoms with Crippen LogP contribution < -0.4 is 5.12 Å². The van der Waals surface area contributed by atoms with Gasteiger partial charge in [0.1, 0.15) is 5.69 Å². The van der Waals surface area contributed by atoms with Crippen molar-refractivity contribution in [2.24, 2.45) is 10.2 Å². The molecular formula is C10H11N3O2. The number of rotatable bonds is 4. The second-order valence-electron chi connectivity index (χ2n) is 2.90. The van der Waals surface area contributed by atoms with Gasteiger partial charge in [-0.3, -0.25) is 0 Å². The van der Waals surface area contributed by atoms with E-state index in [-0.39, 0.29) is 5.56 Å². The van der Waals surface area contributed by atoms with Crippen LogP contribution in [-0.2, 0) is 0 Å². The molecule has 78 valence electrons. The lowest BCUT2D eigenvalue weighted by atomic mass is 10.1. The first kappa shape index (κ1) is 10.9. The number of hydrogen-bond acceptors (Lipinski definition) is 4. The summed E-state index contributed by atoms with van der Waals surface area (Å²) in [6.07, 6.45) is 0. The highest BCUT2D eigenvalue weighted by atomic mass is 16.4. The molecular weight excluding hydrogens is 194 g/mol. The minimum absolute atomic E-state index is 0.120. The number of hydrazone groups is 2. The predicted octanol–water partition coefficient (Wildman–Crippen LogP) is 1.73. The molecule has 0 amide bonds. The van der Waals surface area contributed by atoms with Crippen LogP contribution in [0.2, 0.25) is 0 Å². The first-order valence-electron chi connectivity index (χ1n) is 4.17. The van der Waals surface area contributed by atoms with Crippen molar-refractivity contribution in [1.29, 1.82) is 0 Å². The van der Waals surface area contributed by atoms with E-state index >= 15 is 0 Å². The van der Waals surface area contributed by atoms with E-state index in [0.717, 1.165) is 10.7 Å². The van der Waals surface area contributed by atoms with Gasteiger partial charge in [-0.15, -0.1) is 0 Å². The number of carboxylic acids is 1. The van der Waals surface area contributed by atoms with Crippen LogP contribution in [0.15, 0.2) is 28.4 Å². The maximum atomic E-state index is 11.0. The lowest BCUT2D eigenvalue weighted by molar-refractivity contribution is 0.0697. The minimum atomic E-state index is -1.04. The van der Waals surface area contributed by atoms with Crippen molar-refractivity contribution in [3.05, 3.63) is 29.3 Å². The Bertz CT molecular complexity index is 407. The van der Waals surface area contributed by atoms with E-state index in [0.29, 0.717) is 5.69 Å². The average Bonchev–Trinajstić information content (AvgIpc) is 2.21. The number of carbonyl (C=O) groups is 1. The molecule has 0 radical (unpaired) electrons. The Labute approximate surface area is 87.3 Å². The molecule has 5 heteroatoms. The first-order valence-corrected chi connectivity index (χ1v) is 4.17. The fourth-order valence-electron chi connectivity index (χ4n) is 1.19. The zero-order valence-corrected chi connectivity index (χ0v) is 8.34. The molecule has 0 bridgehead atoms. The second kappa shape index (κ2) is 4.36. The highest BCUT2D eigenvalue weighted by Crippen LogP contribution is 2.22. The molecule has 0 fully saturated rings. The van der Waals surface area contributed by atoms with E-state index < -0.39 is 5.97 Å². The molecule has 15 heavy (non-hydrogen) atoms. The van der Waals surface area contributed by atoms with E-state index in [4.69, 9.17) is 5.11 Å². The molecule has 1 aromatic carbocycles. The minimum Gasteiger partial charge on any atom is -0.478 e. The Kier molecular flexibility index (Phi) is 3.17. The standard InChI is InChI=1S/C10H11N3O2/c1-7-4-5-9(13(11-2)12-3)8(6-7)10(14)15/h4-6H,2-3H2,1H3,(H,14,15). The SMILES string of the molecule is C=NN(N=C)c1ccc(C)cc1C(=O)O. The highest BCUT2D eigenvalue weighted by molar-refractivity contribution is 5.94. The van der Waals surface area contributed by atoms with Crippen molar-refractivity contribution in [2.45, 2.75) is 6.92 Å². The quantitative estimate of drug-likeness (QED) is 0.601. The molecule has 1 rings (SSSR count). The normalized spacial score (nSPS) is 9.40. The van der Waals surface area contributed by atoms with Gasteiger partial charge < -0.3 is 5.11 Å². The molecule has 1 N–H and O–H groups in total. The van der Waals surface area contributed by atoms with Crippen LogP contribution in [0.3, 0.4) is 0 Å². The number of hydrogen-bond donors (Lipinski definition) is 1. The number of aryl methyl sites for hydroxylation is 1. The van der Waals surface area contributed by atoms with E-state index in [1.165, 1.54) is 0 Å². The largest absolute Gasteiger partial charge is 0.478 e. The molecule has 1 aromatic rings. The van der Waals surface area contributed by atoms with Crippen molar-refractivity contribution in [3.63, 3.8) is 0 Å². The number of benzene rings is 1. The molecule has 0 saturated carbocycles. The van der Waals surface area contributed by atoms with Crippen LogP contribution in [0, 0.1) is 6.92 Å². The van der Waals surface area contributed by atoms with Gasteiger partial charge in [-0.05, 0) is 19.1 Å². The van der Waals surface area contributed by atoms with Crippen molar-refractivity contribution >= 4 is 25.1 Å². The maximum absolute atomic E-state index is 11.0. The van der Waals surface area contributed by atoms with Gasteiger partial charge in [0.2, 0.25) is 0 Å². The summed E-state index contributed by atoms with van der Waals surface area (Å²) in [5, 5.41) is 17.1. The number of anilines is 1. The van der Waals surface area contributed by atoms with Crippen LogP contribution in [0.4, 0.5) is 5.69 Å². The zero-order chi connectivity index (χ0) is 11.4. The van der Waals surface area contributed by atoms with Crippen molar-refractivity contribution in [2.75, 3.05) is 5.12 Å². The lowest BCUT2D eigenvalue weighted by Crippen LogP contribution is -2.11. The summed E-state index contributed by atoms with van der Waals surface area (Å²) in [6, 6.07) is 4.92. The van der Waals surface area contributed by atoms with Gasteiger partial charge in [0, 0.05) is 13.4 Å². The zero-order valence-electron chi connectivity index (χ0n) is 8.34. The molecule has 0 aliphatic carbocycles. The van der Waals surface area contributed by atoms with Gasteiger partial charge in [-0.1, -0.05) is 11.6 Å². The van der Waals surface area contributed by atoms with Crippen molar-refractivity contribution in [3.8, 4) is 0 Å². The van der Waals surface area contributed by atoms with Crippen LogP contribution in [0.1, 0.15) is 15.9 Å². The topological polar surface area (TPSA) is 65.3 Å². The third-order valence-corrected chi connectivity index (χ3v) is 1.87. The molecule has 0 aliphatic heterocycles. The van der Waals surface area contributed by atoms with Gasteiger partial charge in [-0.2, -0.15) is 15.3 Å². The Morgan fingerprint density at radius 1 is 1.40 bits per heavy atom. The summed E-state index contributed by atoms with van der Waals surface area (Å²) in [4.78, 5) is 11.0. The third-order valence-electron chi connectivity index (χ3n) is 1.87. The van der Waals surface area contributed by atoms with E-state index in [1.807, 2.05) is 6.92 Å². The van der Waals surface area contributed by atoms with E-state index in [9.17, 15) is 4.79 Å². The molecule has 0 heterocycles. The average molecular weight is 205 g/mol. The molecule has 0 saturated heterocycles. The van der Waals surface area contributed by atoms with Crippen LogP contribution in [0.25, 0.3) is 0 Å². The number of aromatic carboxylic acids is 1. The van der Waals surface area contributed by atoms with E-state index in [1.54, 1.807) is 18.2 Å². The van der Waals surface area contributed by atoms with Gasteiger partial charge >= 0.3 is 5.97 Å². The Balaban J connectivity index is 3.33. The summed E-state index contributed by atoms with van der Waals surface area (Å²) in [5.41, 5.74) is 1.32. The second-order valence-corrected chi connectivity index (χ2v) is 2.90. The van der Waals surface area contributed by atoms with Gasteiger partial charge in [0.25, 0.3) is 0 Å². The molecule has 0 aliphatic rings. The highest BCUT2D eigenvalue weighted by Gasteiger charge is 2.14. The summed E-state index contributed by atoms with van der Waals surface area (Å²) in [7, 11) is 0. The molecule has 5 nitrogen and oxygen atoms in total. The lowest BCUT2D eigenvalue weighted by Gasteiger charge is -2.14. The number of carboxylic acid groups (broad SMARTS) is 1. The van der Waals surface area contributed by atoms with Crippen molar-refractivity contribution < 1.29 is 9.90 Å². The first-order chi connectivity index (χ1) is 7.10. The summed E-state index contributed by atoms with van der Waals surface area (Å²) < 4.78 is 0. The Hall–Kier alpha value is -2.17. The van der Waals surface area contributed by atoms with Crippen LogP contribution in [0.5, 0.6) is 0 Å². The summed E-state index contributed by atoms with van der Waals surface area (Å²) in [5.74, 6) is -1.04. The van der Waals surface area contributed by atoms with Crippen LogP contribution >= 0.6 is 0 Å². The molecule has 0 atom stereocenters. The van der Waals surface area contributed by atoms with Gasteiger partial charge in [-0.25, -0.2) is 4.79 Å². The fraction of sp³-hybridized carbons (Fsp3) is 0.100. The maximum Gasteiger partial charge on any atom is 0.337 e. The number of nitrogens with zero attached hydrogens (tertiary/aromatic N) is 3. The predicted molar refractivity (Wildman–Crippen MR) is 59.7 cm³/mol. The molecule has 0 unspecified atom stereocenters. The molecule has 0 aromatic heterocycles. The fourth-order valence-corrected chi connectivity index (χ4v) is 1.19. The monoisotopic (exact) mass is 205 g/mol. The van der Waals surface area contributed by atoms with E-state index in [2.05, 4.69) is 23.6 Å². The summed E-state index contributed by atoms with van der Waals surface area (Å²) in [6.45, 7) is 8.37. The van der Waals surface area contributed by atoms with Gasteiger partial charge in [0.05, 0.1) is 5.56 Å². The smallest absolute Gasteiger partial charge is 0.337 e. The van der Waals surface area contributed by atoms with Crippen molar-refractivity contribution in [1.82, 2.24) is 0 Å². The molecule has 0 spiro atoms. The van der Waals surface area contributed by atoms with Gasteiger partial charge in [0.15, 0.2) is 0 Å². The summed E-state index contributed by atoms with van der Waals surface area (Å²) >= 11 is 0. The van der Waals surface area contributed by atoms with Crippen LogP contribution in [-0.4, -0.2) is 24.5 Å². The Morgan fingerprint density at radius 2 is 2.00 bits per heavy atom. The third kappa shape index (κ3) is 2.19. The Morgan fingerprint density at radius 3 is 2.47 bits per heavy atom.